The number of carbonyl (C=O) groups is 1. The maximum absolute atomic E-state index is 12.5. The Morgan fingerprint density at radius 3 is 2.68 bits per heavy atom. The van der Waals surface area contributed by atoms with Gasteiger partial charge in [-0.3, -0.25) is 4.79 Å². The van der Waals surface area contributed by atoms with Crippen molar-refractivity contribution >= 4 is 15.8 Å². The number of benzene rings is 1. The smallest absolute Gasteiger partial charge is 0.244 e. The Labute approximate surface area is 112 Å². The molecule has 0 bridgehead atoms. The minimum absolute atomic E-state index is 0.0130. The molecule has 1 aromatic rings. The van der Waals surface area contributed by atoms with Gasteiger partial charge in [0.2, 0.25) is 10.0 Å². The van der Waals surface area contributed by atoms with E-state index in [9.17, 15) is 13.2 Å². The van der Waals surface area contributed by atoms with Crippen molar-refractivity contribution in [2.75, 3.05) is 13.1 Å². The lowest BCUT2D eigenvalue weighted by molar-refractivity contribution is -0.124. The number of piperidine rings is 1. The highest BCUT2D eigenvalue weighted by atomic mass is 32.2. The Morgan fingerprint density at radius 1 is 1.37 bits per heavy atom. The van der Waals surface area contributed by atoms with Crippen LogP contribution < -0.4 is 0 Å². The first kappa shape index (κ1) is 13.7. The van der Waals surface area contributed by atoms with Crippen LogP contribution in [0.15, 0.2) is 29.2 Å². The van der Waals surface area contributed by atoms with Crippen LogP contribution in [0.4, 0.5) is 0 Å². The van der Waals surface area contributed by atoms with E-state index in [-0.39, 0.29) is 41.7 Å². The average molecular weight is 278 g/mol. The Bertz CT molecular complexity index is 646. The summed E-state index contributed by atoms with van der Waals surface area (Å²) in [5.74, 6) is -0.210. The van der Waals surface area contributed by atoms with Gasteiger partial charge in [-0.2, -0.15) is 9.57 Å². The molecule has 1 saturated heterocycles. The average Bonchev–Trinajstić information content (AvgIpc) is 2.41. The molecular formula is C13H14N2O3S. The molecule has 1 unspecified atom stereocenters. The zero-order valence-electron chi connectivity index (χ0n) is 10.5. The number of sulfonamides is 1. The lowest BCUT2D eigenvalue weighted by Crippen LogP contribution is -2.43. The molecule has 1 heterocycles. The van der Waals surface area contributed by atoms with E-state index in [2.05, 4.69) is 0 Å². The fourth-order valence-electron chi connectivity index (χ4n) is 2.12. The summed E-state index contributed by atoms with van der Waals surface area (Å²) in [4.78, 5) is 11.5. The molecule has 0 amide bonds. The molecule has 0 aliphatic carbocycles. The number of hydrogen-bond donors (Lipinski definition) is 0. The number of hydrogen-bond acceptors (Lipinski definition) is 4. The maximum atomic E-state index is 12.5. The Morgan fingerprint density at radius 2 is 2.05 bits per heavy atom. The third-order valence-electron chi connectivity index (χ3n) is 3.26. The fraction of sp³-hybridized carbons (Fsp3) is 0.385. The molecule has 1 aromatic carbocycles. The third-order valence-corrected chi connectivity index (χ3v) is 5.18. The third kappa shape index (κ3) is 2.53. The van der Waals surface area contributed by atoms with Gasteiger partial charge < -0.3 is 0 Å². The molecule has 5 nitrogen and oxygen atoms in total. The first-order valence-electron chi connectivity index (χ1n) is 5.99. The van der Waals surface area contributed by atoms with Crippen molar-refractivity contribution in [2.45, 2.75) is 18.2 Å². The van der Waals surface area contributed by atoms with Gasteiger partial charge in [0.1, 0.15) is 11.9 Å². The summed E-state index contributed by atoms with van der Waals surface area (Å²) in [5, 5.41) is 8.99. The van der Waals surface area contributed by atoms with E-state index in [0.717, 1.165) is 0 Å². The van der Waals surface area contributed by atoms with Crippen molar-refractivity contribution in [3.8, 4) is 6.07 Å². The molecule has 1 atom stereocenters. The van der Waals surface area contributed by atoms with Crippen LogP contribution in [0.5, 0.6) is 0 Å². The standard InChI is InChI=1S/C13H14N2O3S/c1-10-9-15(7-6-12(10)16)19(17,18)13-5-3-2-4-11(13)8-14/h2-5,10H,6-7,9H2,1H3. The second-order valence-corrected chi connectivity index (χ2v) is 6.49. The molecule has 0 aromatic heterocycles. The second-order valence-electron chi connectivity index (χ2n) is 4.59. The zero-order chi connectivity index (χ0) is 14.0. The van der Waals surface area contributed by atoms with E-state index in [1.807, 2.05) is 6.07 Å². The summed E-state index contributed by atoms with van der Waals surface area (Å²) < 4.78 is 26.3. The number of Topliss-reactive ketones (excluding diaryl/α,β-unsaturated/α-hetero) is 1. The lowest BCUT2D eigenvalue weighted by atomic mass is 10.0. The van der Waals surface area contributed by atoms with Crippen LogP contribution in [-0.2, 0) is 14.8 Å². The van der Waals surface area contributed by atoms with Gasteiger partial charge in [-0.05, 0) is 12.1 Å². The number of nitrogens with zero attached hydrogens (tertiary/aromatic N) is 2. The summed E-state index contributed by atoms with van der Waals surface area (Å²) in [7, 11) is -3.70. The van der Waals surface area contributed by atoms with Gasteiger partial charge >= 0.3 is 0 Å². The lowest BCUT2D eigenvalue weighted by Gasteiger charge is -2.29. The van der Waals surface area contributed by atoms with Crippen molar-refractivity contribution < 1.29 is 13.2 Å². The van der Waals surface area contributed by atoms with E-state index >= 15 is 0 Å². The molecule has 0 N–H and O–H groups in total. The van der Waals surface area contributed by atoms with Crippen molar-refractivity contribution in [1.29, 1.82) is 5.26 Å². The zero-order valence-corrected chi connectivity index (χ0v) is 11.4. The first-order valence-corrected chi connectivity index (χ1v) is 7.43. The summed E-state index contributed by atoms with van der Waals surface area (Å²) in [6.45, 7) is 2.09. The Hall–Kier alpha value is -1.71. The van der Waals surface area contributed by atoms with Crippen molar-refractivity contribution in [1.82, 2.24) is 4.31 Å². The molecule has 0 spiro atoms. The SMILES string of the molecule is CC1CN(S(=O)(=O)c2ccccc2C#N)CCC1=O. The Kier molecular flexibility index (Phi) is 3.69. The van der Waals surface area contributed by atoms with Gasteiger partial charge in [-0.25, -0.2) is 8.42 Å². The van der Waals surface area contributed by atoms with Gasteiger partial charge in [0, 0.05) is 25.4 Å². The highest BCUT2D eigenvalue weighted by Crippen LogP contribution is 2.23. The summed E-state index contributed by atoms with van der Waals surface area (Å²) >= 11 is 0. The molecule has 19 heavy (non-hydrogen) atoms. The first-order chi connectivity index (χ1) is 8.96. The maximum Gasteiger partial charge on any atom is 0.244 e. The molecule has 0 radical (unpaired) electrons. The summed E-state index contributed by atoms with van der Waals surface area (Å²) in [6, 6.07) is 8.01. The number of rotatable bonds is 2. The second kappa shape index (κ2) is 5.11. The van der Waals surface area contributed by atoms with Crippen LogP contribution in [0.25, 0.3) is 0 Å². The van der Waals surface area contributed by atoms with Gasteiger partial charge in [0.15, 0.2) is 0 Å². The minimum atomic E-state index is -3.70. The Balaban J connectivity index is 2.38. The molecule has 1 aliphatic heterocycles. The van der Waals surface area contributed by atoms with Crippen LogP contribution in [0, 0.1) is 17.2 Å². The predicted octanol–water partition coefficient (Wildman–Crippen LogP) is 1.16. The summed E-state index contributed by atoms with van der Waals surface area (Å²) in [5.41, 5.74) is 0.132. The quantitative estimate of drug-likeness (QED) is 0.813. The predicted molar refractivity (Wildman–Crippen MR) is 68.7 cm³/mol. The van der Waals surface area contributed by atoms with Crippen LogP contribution >= 0.6 is 0 Å². The fourth-order valence-corrected chi connectivity index (χ4v) is 3.79. The van der Waals surface area contributed by atoms with Crippen molar-refractivity contribution in [3.05, 3.63) is 29.8 Å². The monoisotopic (exact) mass is 278 g/mol. The van der Waals surface area contributed by atoms with Crippen LogP contribution in [-0.4, -0.2) is 31.6 Å². The molecule has 2 rings (SSSR count). The minimum Gasteiger partial charge on any atom is -0.299 e. The number of nitriles is 1. The largest absolute Gasteiger partial charge is 0.299 e. The van der Waals surface area contributed by atoms with Gasteiger partial charge in [0.05, 0.1) is 10.5 Å². The van der Waals surface area contributed by atoms with Crippen LogP contribution in [0.2, 0.25) is 0 Å². The highest BCUT2D eigenvalue weighted by molar-refractivity contribution is 7.89. The molecule has 0 saturated carbocycles. The van der Waals surface area contributed by atoms with E-state index < -0.39 is 10.0 Å². The summed E-state index contributed by atoms with van der Waals surface area (Å²) in [6.07, 6.45) is 0.231. The molecule has 100 valence electrons. The van der Waals surface area contributed by atoms with Crippen molar-refractivity contribution in [2.24, 2.45) is 5.92 Å². The van der Waals surface area contributed by atoms with Gasteiger partial charge in [0.25, 0.3) is 0 Å². The molecule has 1 aliphatic rings. The van der Waals surface area contributed by atoms with Gasteiger partial charge in [-0.15, -0.1) is 0 Å². The topological polar surface area (TPSA) is 78.2 Å². The van der Waals surface area contributed by atoms with E-state index in [4.69, 9.17) is 5.26 Å². The van der Waals surface area contributed by atoms with E-state index in [0.29, 0.717) is 0 Å². The van der Waals surface area contributed by atoms with Crippen LogP contribution in [0.3, 0.4) is 0 Å². The number of carbonyl (C=O) groups excluding carboxylic acids is 1. The highest BCUT2D eigenvalue weighted by Gasteiger charge is 2.33. The van der Waals surface area contributed by atoms with E-state index in [1.165, 1.54) is 16.4 Å². The normalized spacial score (nSPS) is 21.1. The van der Waals surface area contributed by atoms with Crippen LogP contribution in [0.1, 0.15) is 18.9 Å². The van der Waals surface area contributed by atoms with Crippen molar-refractivity contribution in [3.63, 3.8) is 0 Å². The van der Waals surface area contributed by atoms with Gasteiger partial charge in [-0.1, -0.05) is 19.1 Å². The molecular weight excluding hydrogens is 264 g/mol. The molecule has 1 fully saturated rings. The van der Waals surface area contributed by atoms with E-state index in [1.54, 1.807) is 19.1 Å². The number of ketones is 1. The molecule has 6 heteroatoms.